The largest absolute Gasteiger partial charge is 0.457 e. The number of allylic oxidation sites excluding steroid dienone is 1. The van der Waals surface area contributed by atoms with Crippen molar-refractivity contribution in [1.29, 1.82) is 0 Å². The highest BCUT2D eigenvalue weighted by Crippen LogP contribution is 2.42. The molecule has 0 bridgehead atoms. The fourth-order valence-corrected chi connectivity index (χ4v) is 5.55. The molecule has 0 spiro atoms. The van der Waals surface area contributed by atoms with Crippen molar-refractivity contribution < 1.29 is 28.7 Å². The molecular formula is C29H30N2O6S. The molecule has 2 atom stereocenters. The third-order valence-electron chi connectivity index (χ3n) is 5.81. The normalized spacial score (nSPS) is 19.2. The number of rotatable bonds is 7. The van der Waals surface area contributed by atoms with Gasteiger partial charge in [-0.05, 0) is 43.5 Å². The van der Waals surface area contributed by atoms with E-state index in [2.05, 4.69) is 5.32 Å². The Labute approximate surface area is 226 Å². The van der Waals surface area contributed by atoms with Crippen LogP contribution in [0, 0.1) is 0 Å². The number of amides is 2. The molecule has 9 heteroatoms. The molecule has 0 aliphatic carbocycles. The minimum absolute atomic E-state index is 0.0528. The number of β-lactam (4-membered cyclic amide) rings is 1. The van der Waals surface area contributed by atoms with Gasteiger partial charge in [-0.2, -0.15) is 0 Å². The molecule has 1 unspecified atom stereocenters. The van der Waals surface area contributed by atoms with Crippen molar-refractivity contribution >= 4 is 35.5 Å². The van der Waals surface area contributed by atoms with E-state index in [-0.39, 0.29) is 11.6 Å². The van der Waals surface area contributed by atoms with Crippen LogP contribution in [0.3, 0.4) is 0 Å². The van der Waals surface area contributed by atoms with E-state index in [1.165, 1.54) is 35.7 Å². The van der Waals surface area contributed by atoms with Crippen LogP contribution < -0.4 is 5.32 Å². The van der Waals surface area contributed by atoms with E-state index in [1.807, 2.05) is 60.7 Å². The second-order valence-electron chi connectivity index (χ2n) is 9.94. The molecule has 4 rings (SSSR count). The number of carbonyl (C=O) groups excluding carboxylic acids is 4. The highest BCUT2D eigenvalue weighted by Gasteiger charge is 2.54. The molecule has 0 radical (unpaired) electrons. The van der Waals surface area contributed by atoms with Crippen LogP contribution >= 0.6 is 11.8 Å². The fraction of sp³-hybridized carbons (Fsp3) is 0.310. The highest BCUT2D eigenvalue weighted by molar-refractivity contribution is 8.00. The van der Waals surface area contributed by atoms with Gasteiger partial charge in [-0.15, -0.1) is 11.8 Å². The van der Waals surface area contributed by atoms with Crippen molar-refractivity contribution in [2.75, 3.05) is 5.75 Å². The maximum atomic E-state index is 13.8. The SMILES string of the molecule is CC(=O)NC1C(=O)N2C(C(=O)OC(c3ccccc3)c3ccccc3)=C(C=CC(=O)OC(C)(C)C)CS[C@H]12. The van der Waals surface area contributed by atoms with Crippen LogP contribution in [0.4, 0.5) is 0 Å². The summed E-state index contributed by atoms with van der Waals surface area (Å²) in [6.45, 7) is 6.62. The number of hydrogen-bond acceptors (Lipinski definition) is 7. The van der Waals surface area contributed by atoms with E-state index >= 15 is 0 Å². The average molecular weight is 535 g/mol. The third-order valence-corrected chi connectivity index (χ3v) is 7.11. The summed E-state index contributed by atoms with van der Waals surface area (Å²) in [5, 5.41) is 2.19. The van der Waals surface area contributed by atoms with Crippen molar-refractivity contribution in [2.24, 2.45) is 0 Å². The summed E-state index contributed by atoms with van der Waals surface area (Å²) in [5.41, 5.74) is 1.37. The standard InChI is InChI=1S/C29H30N2O6S/c1-18(32)30-23-26(34)31-24(21(17-38-27(23)31)15-16-22(33)37-29(2,3)4)28(35)36-25(19-11-7-5-8-12-19)20-13-9-6-10-14-20/h5-16,23,25,27H,17H2,1-4H3,(H,30,32)/t23?,27-/m1/s1. The lowest BCUT2D eigenvalue weighted by Crippen LogP contribution is -2.70. The number of esters is 2. The van der Waals surface area contributed by atoms with Crippen molar-refractivity contribution in [1.82, 2.24) is 10.2 Å². The first kappa shape index (κ1) is 27.2. The zero-order chi connectivity index (χ0) is 27.4. The van der Waals surface area contributed by atoms with Crippen molar-refractivity contribution in [3.05, 3.63) is 95.2 Å². The Morgan fingerprint density at radius 2 is 1.61 bits per heavy atom. The van der Waals surface area contributed by atoms with E-state index in [0.29, 0.717) is 11.3 Å². The molecule has 2 amide bonds. The number of nitrogens with zero attached hydrogens (tertiary/aromatic N) is 1. The summed E-state index contributed by atoms with van der Waals surface area (Å²) >= 11 is 1.39. The summed E-state index contributed by atoms with van der Waals surface area (Å²) < 4.78 is 11.4. The van der Waals surface area contributed by atoms with Crippen LogP contribution in [-0.4, -0.2) is 51.4 Å². The van der Waals surface area contributed by atoms with Gasteiger partial charge < -0.3 is 14.8 Å². The van der Waals surface area contributed by atoms with Gasteiger partial charge >= 0.3 is 11.9 Å². The monoisotopic (exact) mass is 534 g/mol. The van der Waals surface area contributed by atoms with Crippen molar-refractivity contribution in [3.63, 3.8) is 0 Å². The van der Waals surface area contributed by atoms with E-state index in [1.54, 1.807) is 20.8 Å². The van der Waals surface area contributed by atoms with E-state index in [4.69, 9.17) is 9.47 Å². The number of fused-ring (bicyclic) bond motifs is 1. The first-order valence-corrected chi connectivity index (χ1v) is 13.3. The number of thioether (sulfide) groups is 1. The molecule has 8 nitrogen and oxygen atoms in total. The number of carbonyl (C=O) groups is 4. The lowest BCUT2D eigenvalue weighted by molar-refractivity contribution is -0.154. The Bertz CT molecular complexity index is 1240. The summed E-state index contributed by atoms with van der Waals surface area (Å²) in [4.78, 5) is 52.2. The summed E-state index contributed by atoms with van der Waals surface area (Å²) in [5.74, 6) is -1.69. The van der Waals surface area contributed by atoms with Gasteiger partial charge in [0.25, 0.3) is 5.91 Å². The lowest BCUT2D eigenvalue weighted by atomic mass is 10.0. The van der Waals surface area contributed by atoms with Gasteiger partial charge in [0, 0.05) is 18.8 Å². The van der Waals surface area contributed by atoms with Crippen LogP contribution in [0.15, 0.2) is 84.1 Å². The van der Waals surface area contributed by atoms with Gasteiger partial charge in [-0.1, -0.05) is 60.7 Å². The van der Waals surface area contributed by atoms with Gasteiger partial charge in [-0.25, -0.2) is 9.59 Å². The molecule has 1 saturated heterocycles. The number of hydrogen-bond donors (Lipinski definition) is 1. The molecule has 0 saturated carbocycles. The minimum atomic E-state index is -0.740. The maximum absolute atomic E-state index is 13.8. The molecular weight excluding hydrogens is 504 g/mol. The van der Waals surface area contributed by atoms with Crippen molar-refractivity contribution in [3.8, 4) is 0 Å². The molecule has 2 aromatic carbocycles. The van der Waals surface area contributed by atoms with Crippen LogP contribution in [0.25, 0.3) is 0 Å². The summed E-state index contributed by atoms with van der Waals surface area (Å²) in [6.07, 6.45) is 2.02. The molecule has 38 heavy (non-hydrogen) atoms. The summed E-state index contributed by atoms with van der Waals surface area (Å²) in [6, 6.07) is 17.9. The predicted molar refractivity (Wildman–Crippen MR) is 144 cm³/mol. The first-order valence-electron chi connectivity index (χ1n) is 12.2. The Morgan fingerprint density at radius 3 is 2.13 bits per heavy atom. The van der Waals surface area contributed by atoms with E-state index in [0.717, 1.165) is 11.1 Å². The fourth-order valence-electron chi connectivity index (χ4n) is 4.23. The topological polar surface area (TPSA) is 102 Å². The van der Waals surface area contributed by atoms with Gasteiger partial charge in [0.15, 0.2) is 6.10 Å². The Balaban J connectivity index is 1.69. The van der Waals surface area contributed by atoms with Crippen molar-refractivity contribution in [2.45, 2.75) is 50.8 Å². The molecule has 2 aliphatic rings. The lowest BCUT2D eigenvalue weighted by Gasteiger charge is -2.49. The number of benzene rings is 2. The summed E-state index contributed by atoms with van der Waals surface area (Å²) in [7, 11) is 0. The smallest absolute Gasteiger partial charge is 0.356 e. The second kappa shape index (κ2) is 11.3. The quantitative estimate of drug-likeness (QED) is 0.327. The molecule has 1 N–H and O–H groups in total. The van der Waals surface area contributed by atoms with Gasteiger partial charge in [0.1, 0.15) is 22.7 Å². The average Bonchev–Trinajstić information content (AvgIpc) is 2.88. The third kappa shape index (κ3) is 6.16. The van der Waals surface area contributed by atoms with Crippen LogP contribution in [-0.2, 0) is 28.7 Å². The molecule has 2 aliphatic heterocycles. The molecule has 1 fully saturated rings. The molecule has 198 valence electrons. The van der Waals surface area contributed by atoms with E-state index < -0.39 is 41.0 Å². The molecule has 0 aromatic heterocycles. The Morgan fingerprint density at radius 1 is 1.03 bits per heavy atom. The predicted octanol–water partition coefficient (Wildman–Crippen LogP) is 3.89. The Kier molecular flexibility index (Phi) is 8.06. The highest BCUT2D eigenvalue weighted by atomic mass is 32.2. The van der Waals surface area contributed by atoms with Gasteiger partial charge in [-0.3, -0.25) is 14.5 Å². The van der Waals surface area contributed by atoms with Gasteiger partial charge in [0.2, 0.25) is 5.91 Å². The zero-order valence-corrected chi connectivity index (χ0v) is 22.5. The molecule has 2 aromatic rings. The number of nitrogens with one attached hydrogen (secondary N) is 1. The first-order chi connectivity index (χ1) is 18.0. The van der Waals surface area contributed by atoms with Crippen LogP contribution in [0.5, 0.6) is 0 Å². The zero-order valence-electron chi connectivity index (χ0n) is 21.7. The van der Waals surface area contributed by atoms with Crippen LogP contribution in [0.2, 0.25) is 0 Å². The second-order valence-corrected chi connectivity index (χ2v) is 11.0. The maximum Gasteiger partial charge on any atom is 0.356 e. The number of ether oxygens (including phenoxy) is 2. The van der Waals surface area contributed by atoms with E-state index in [9.17, 15) is 19.2 Å². The van der Waals surface area contributed by atoms with Crippen LogP contribution in [0.1, 0.15) is 44.9 Å². The molecule has 2 heterocycles. The Hall–Kier alpha value is -3.85. The van der Waals surface area contributed by atoms with Gasteiger partial charge in [0.05, 0.1) is 0 Å². The minimum Gasteiger partial charge on any atom is -0.457 e.